The number of hydrogen-bond acceptors (Lipinski definition) is 4. The molecule has 33 heavy (non-hydrogen) atoms. The van der Waals surface area contributed by atoms with E-state index in [1.54, 1.807) is 6.26 Å². The van der Waals surface area contributed by atoms with Gasteiger partial charge in [0.05, 0.1) is 33.9 Å². The van der Waals surface area contributed by atoms with Crippen LogP contribution in [0.1, 0.15) is 0 Å². The van der Waals surface area contributed by atoms with E-state index in [1.165, 1.54) is 0 Å². The van der Waals surface area contributed by atoms with Gasteiger partial charge in [0.15, 0.2) is 0 Å². The van der Waals surface area contributed by atoms with Crippen LogP contribution >= 0.6 is 0 Å². The molecular formula is C28H15N3O2. The molecule has 0 unspecified atom stereocenters. The molecule has 4 heterocycles. The van der Waals surface area contributed by atoms with E-state index in [0.29, 0.717) is 5.95 Å². The Kier molecular flexibility index (Phi) is 3.08. The van der Waals surface area contributed by atoms with Gasteiger partial charge in [0.1, 0.15) is 17.1 Å². The van der Waals surface area contributed by atoms with Gasteiger partial charge >= 0.3 is 0 Å². The molecule has 5 heteroatoms. The van der Waals surface area contributed by atoms with Gasteiger partial charge in [-0.2, -0.15) is 0 Å². The van der Waals surface area contributed by atoms with Crippen LogP contribution in [0.3, 0.4) is 0 Å². The molecule has 1 aliphatic heterocycles. The lowest BCUT2D eigenvalue weighted by Crippen LogP contribution is -2.06. The second kappa shape index (κ2) is 5.99. The third kappa shape index (κ3) is 2.16. The Hall–Kier alpha value is -4.64. The molecule has 0 saturated heterocycles. The van der Waals surface area contributed by atoms with Gasteiger partial charge in [0.25, 0.3) is 0 Å². The van der Waals surface area contributed by atoms with Gasteiger partial charge in [0.2, 0.25) is 5.95 Å². The number of ether oxygens (including phenoxy) is 1. The number of benzene rings is 4. The second-order valence-corrected chi connectivity index (χ2v) is 8.27. The highest BCUT2D eigenvalue weighted by molar-refractivity contribution is 6.20. The fourth-order valence-corrected chi connectivity index (χ4v) is 5.12. The first-order valence-corrected chi connectivity index (χ1v) is 10.8. The summed E-state index contributed by atoms with van der Waals surface area (Å²) in [5, 5.41) is 4.32. The largest absolute Gasteiger partial charge is 0.464 e. The number of furan rings is 1. The first-order chi connectivity index (χ1) is 16.4. The Morgan fingerprint density at radius 3 is 2.52 bits per heavy atom. The minimum atomic E-state index is 0.639. The van der Waals surface area contributed by atoms with Gasteiger partial charge in [-0.15, -0.1) is 0 Å². The number of para-hydroxylation sites is 2. The summed E-state index contributed by atoms with van der Waals surface area (Å²) >= 11 is 0. The molecule has 4 aromatic carbocycles. The highest BCUT2D eigenvalue weighted by Crippen LogP contribution is 2.45. The Labute approximate surface area is 187 Å². The number of hydrogen-bond donors (Lipinski definition) is 0. The van der Waals surface area contributed by atoms with E-state index in [1.807, 2.05) is 48.5 Å². The van der Waals surface area contributed by atoms with E-state index >= 15 is 0 Å². The maximum Gasteiger partial charge on any atom is 0.235 e. The summed E-state index contributed by atoms with van der Waals surface area (Å²) in [5.74, 6) is 2.24. The van der Waals surface area contributed by atoms with Crippen LogP contribution in [0.2, 0.25) is 0 Å². The molecule has 0 N–H and O–H groups in total. The maximum atomic E-state index is 6.16. The number of fused-ring (bicyclic) bond motifs is 7. The monoisotopic (exact) mass is 425 g/mol. The number of rotatable bonds is 1. The van der Waals surface area contributed by atoms with Crippen LogP contribution in [-0.4, -0.2) is 14.5 Å². The quantitative estimate of drug-likeness (QED) is 0.278. The summed E-state index contributed by atoms with van der Waals surface area (Å²) in [7, 11) is 0. The molecule has 0 amide bonds. The van der Waals surface area contributed by atoms with Crippen LogP contribution in [0.15, 0.2) is 95.6 Å². The summed E-state index contributed by atoms with van der Waals surface area (Å²) in [6, 6.07) is 28.5. The minimum Gasteiger partial charge on any atom is -0.464 e. The van der Waals surface area contributed by atoms with Crippen LogP contribution in [0.4, 0.5) is 0 Å². The van der Waals surface area contributed by atoms with Crippen molar-refractivity contribution in [2.75, 3.05) is 0 Å². The Balaban J connectivity index is 1.55. The molecule has 0 atom stereocenters. The summed E-state index contributed by atoms with van der Waals surface area (Å²) in [5.41, 5.74) is 5.70. The van der Waals surface area contributed by atoms with E-state index in [2.05, 4.69) is 41.0 Å². The summed E-state index contributed by atoms with van der Waals surface area (Å²) in [4.78, 5) is 10.1. The topological polar surface area (TPSA) is 53.1 Å². The van der Waals surface area contributed by atoms with Crippen LogP contribution in [-0.2, 0) is 0 Å². The van der Waals surface area contributed by atoms with Crippen molar-refractivity contribution >= 4 is 43.7 Å². The normalized spacial score (nSPS) is 12.5. The molecule has 8 rings (SSSR count). The zero-order chi connectivity index (χ0) is 21.5. The third-order valence-corrected chi connectivity index (χ3v) is 6.50. The zero-order valence-corrected chi connectivity index (χ0v) is 17.3. The molecule has 0 spiro atoms. The fourth-order valence-electron chi connectivity index (χ4n) is 5.12. The minimum absolute atomic E-state index is 0.639. The molecule has 0 bridgehead atoms. The van der Waals surface area contributed by atoms with Crippen molar-refractivity contribution in [3.05, 3.63) is 91.2 Å². The average molecular weight is 425 g/mol. The predicted molar refractivity (Wildman–Crippen MR) is 129 cm³/mol. The first-order valence-electron chi connectivity index (χ1n) is 10.8. The number of nitrogens with zero attached hydrogens (tertiary/aromatic N) is 3. The lowest BCUT2D eigenvalue weighted by molar-refractivity contribution is 0.486. The maximum absolute atomic E-state index is 6.16. The van der Waals surface area contributed by atoms with Crippen molar-refractivity contribution in [3.63, 3.8) is 0 Å². The van der Waals surface area contributed by atoms with Crippen LogP contribution in [0.25, 0.3) is 60.9 Å². The molecule has 0 saturated carbocycles. The van der Waals surface area contributed by atoms with Crippen LogP contribution in [0.5, 0.6) is 11.5 Å². The Bertz CT molecular complexity index is 1910. The van der Waals surface area contributed by atoms with Crippen LogP contribution < -0.4 is 4.74 Å². The molecule has 0 aliphatic carbocycles. The van der Waals surface area contributed by atoms with Gasteiger partial charge in [-0.05, 0) is 48.5 Å². The molecule has 7 aromatic rings. The lowest BCUT2D eigenvalue weighted by atomic mass is 10.0. The van der Waals surface area contributed by atoms with Gasteiger partial charge in [-0.1, -0.05) is 36.4 Å². The van der Waals surface area contributed by atoms with Gasteiger partial charge in [-0.25, -0.2) is 9.97 Å². The highest BCUT2D eigenvalue weighted by atomic mass is 16.5. The Morgan fingerprint density at radius 2 is 1.52 bits per heavy atom. The highest BCUT2D eigenvalue weighted by Gasteiger charge is 2.24. The summed E-state index contributed by atoms with van der Waals surface area (Å²) < 4.78 is 14.0. The van der Waals surface area contributed by atoms with Crippen molar-refractivity contribution < 1.29 is 9.15 Å². The smallest absolute Gasteiger partial charge is 0.235 e. The predicted octanol–water partition coefficient (Wildman–Crippen LogP) is 7.25. The SMILES string of the molecule is c1ccc2c(c1)Oc1cccc3nc(-n4c5ccccc5c5c6ccoc6ccc54)nc-2c13. The van der Waals surface area contributed by atoms with E-state index in [4.69, 9.17) is 19.1 Å². The summed E-state index contributed by atoms with van der Waals surface area (Å²) in [6.45, 7) is 0. The Morgan fingerprint density at radius 1 is 0.636 bits per heavy atom. The van der Waals surface area contributed by atoms with Crippen LogP contribution in [0, 0.1) is 0 Å². The molecule has 154 valence electrons. The molecule has 3 aromatic heterocycles. The van der Waals surface area contributed by atoms with Gasteiger partial charge in [0, 0.05) is 21.7 Å². The molecular weight excluding hydrogens is 410 g/mol. The second-order valence-electron chi connectivity index (χ2n) is 8.27. The standard InChI is InChI=1S/C28H15N3O2/c1-3-9-20-16(6-1)25-17-14-15-32-22(17)13-12-21(25)31(20)28-29-19-8-5-11-24-26(19)27(30-28)18-7-2-4-10-23(18)33-24/h1-15H. The molecule has 5 nitrogen and oxygen atoms in total. The van der Waals surface area contributed by atoms with Gasteiger partial charge in [-0.3, -0.25) is 4.57 Å². The van der Waals surface area contributed by atoms with Crippen molar-refractivity contribution in [2.45, 2.75) is 0 Å². The van der Waals surface area contributed by atoms with Crippen molar-refractivity contribution in [1.82, 2.24) is 14.5 Å². The van der Waals surface area contributed by atoms with Crippen molar-refractivity contribution in [1.29, 1.82) is 0 Å². The fraction of sp³-hybridized carbons (Fsp3) is 0. The number of aromatic nitrogens is 3. The molecule has 0 radical (unpaired) electrons. The van der Waals surface area contributed by atoms with Gasteiger partial charge < -0.3 is 9.15 Å². The van der Waals surface area contributed by atoms with Crippen molar-refractivity contribution in [3.8, 4) is 28.7 Å². The first kappa shape index (κ1) is 17.0. The van der Waals surface area contributed by atoms with Crippen molar-refractivity contribution in [2.24, 2.45) is 0 Å². The average Bonchev–Trinajstić information content (AvgIpc) is 3.46. The third-order valence-electron chi connectivity index (χ3n) is 6.50. The molecule has 0 fully saturated rings. The zero-order valence-electron chi connectivity index (χ0n) is 17.3. The summed E-state index contributed by atoms with van der Waals surface area (Å²) in [6.07, 6.45) is 1.74. The van der Waals surface area contributed by atoms with E-state index in [9.17, 15) is 0 Å². The van der Waals surface area contributed by atoms with E-state index < -0.39 is 0 Å². The van der Waals surface area contributed by atoms with E-state index in [-0.39, 0.29) is 0 Å². The molecule has 1 aliphatic rings. The lowest BCUT2D eigenvalue weighted by Gasteiger charge is -2.20. The van der Waals surface area contributed by atoms with E-state index in [0.717, 1.165) is 66.4 Å².